The lowest BCUT2D eigenvalue weighted by Crippen LogP contribution is -2.29. The summed E-state index contributed by atoms with van der Waals surface area (Å²) in [4.78, 5) is 22.6. The standard InChI is InChI=1S/C14H16BrNO4/c1-7(8-3-4-12(20-2)11(15)5-8)16-13(17)9-6-10(9)14(18)19/h3-5,7,9-10H,6H2,1-2H3,(H,16,17)(H,18,19). The minimum absolute atomic E-state index is 0.181. The molecule has 2 N–H and O–H groups in total. The smallest absolute Gasteiger partial charge is 0.307 e. The van der Waals surface area contributed by atoms with Gasteiger partial charge in [0.1, 0.15) is 5.75 Å². The summed E-state index contributed by atoms with van der Waals surface area (Å²) in [6.45, 7) is 1.87. The first kappa shape index (κ1) is 14.8. The number of rotatable bonds is 5. The fourth-order valence-electron chi connectivity index (χ4n) is 2.11. The fraction of sp³-hybridized carbons (Fsp3) is 0.429. The number of carbonyl (C=O) groups is 2. The molecule has 0 aliphatic heterocycles. The molecule has 3 unspecified atom stereocenters. The zero-order valence-electron chi connectivity index (χ0n) is 11.2. The predicted molar refractivity (Wildman–Crippen MR) is 76.5 cm³/mol. The number of nitrogens with one attached hydrogen (secondary N) is 1. The van der Waals surface area contributed by atoms with Crippen LogP contribution in [0.1, 0.15) is 24.9 Å². The van der Waals surface area contributed by atoms with Gasteiger partial charge in [-0.05, 0) is 47.0 Å². The van der Waals surface area contributed by atoms with Gasteiger partial charge in [-0.25, -0.2) is 0 Å². The number of benzene rings is 1. The number of aliphatic carboxylic acids is 1. The summed E-state index contributed by atoms with van der Waals surface area (Å²) < 4.78 is 5.96. The Kier molecular flexibility index (Phi) is 4.32. The maximum Gasteiger partial charge on any atom is 0.307 e. The third-order valence-electron chi connectivity index (χ3n) is 3.48. The lowest BCUT2D eigenvalue weighted by molar-refractivity contribution is -0.140. The molecule has 0 aromatic heterocycles. The average molecular weight is 342 g/mol. The Bertz CT molecular complexity index is 546. The lowest BCUT2D eigenvalue weighted by atomic mass is 10.1. The zero-order valence-corrected chi connectivity index (χ0v) is 12.8. The number of methoxy groups -OCH3 is 1. The number of carboxylic acid groups (broad SMARTS) is 1. The molecule has 1 saturated carbocycles. The summed E-state index contributed by atoms with van der Waals surface area (Å²) in [6.07, 6.45) is 0.431. The van der Waals surface area contributed by atoms with E-state index in [1.165, 1.54) is 0 Å². The zero-order chi connectivity index (χ0) is 14.9. The molecule has 3 atom stereocenters. The number of carboxylic acids is 1. The van der Waals surface area contributed by atoms with E-state index in [9.17, 15) is 9.59 Å². The molecule has 1 aliphatic carbocycles. The van der Waals surface area contributed by atoms with Crippen LogP contribution < -0.4 is 10.1 Å². The molecular formula is C14H16BrNO4. The highest BCUT2D eigenvalue weighted by Gasteiger charge is 2.48. The van der Waals surface area contributed by atoms with Gasteiger partial charge in [0.25, 0.3) is 0 Å². The lowest BCUT2D eigenvalue weighted by Gasteiger charge is -2.15. The molecule has 20 heavy (non-hydrogen) atoms. The highest BCUT2D eigenvalue weighted by Crippen LogP contribution is 2.39. The predicted octanol–water partition coefficient (Wildman–Crippen LogP) is 2.36. The van der Waals surface area contributed by atoms with E-state index in [0.29, 0.717) is 6.42 Å². The Morgan fingerprint density at radius 2 is 2.15 bits per heavy atom. The topological polar surface area (TPSA) is 75.6 Å². The number of hydrogen-bond acceptors (Lipinski definition) is 3. The van der Waals surface area contributed by atoms with Gasteiger partial charge >= 0.3 is 5.97 Å². The van der Waals surface area contributed by atoms with Crippen molar-refractivity contribution in [2.75, 3.05) is 7.11 Å². The Hall–Kier alpha value is -1.56. The molecule has 6 heteroatoms. The fourth-order valence-corrected chi connectivity index (χ4v) is 2.67. The van der Waals surface area contributed by atoms with Gasteiger partial charge in [-0.15, -0.1) is 0 Å². The second kappa shape index (κ2) is 5.83. The molecule has 5 nitrogen and oxygen atoms in total. The van der Waals surface area contributed by atoms with E-state index in [-0.39, 0.29) is 11.9 Å². The van der Waals surface area contributed by atoms with E-state index in [1.54, 1.807) is 7.11 Å². The third-order valence-corrected chi connectivity index (χ3v) is 4.10. The number of hydrogen-bond donors (Lipinski definition) is 2. The van der Waals surface area contributed by atoms with Crippen molar-refractivity contribution >= 4 is 27.8 Å². The summed E-state index contributed by atoms with van der Waals surface area (Å²) >= 11 is 3.40. The normalized spacial score (nSPS) is 21.9. The van der Waals surface area contributed by atoms with Crippen molar-refractivity contribution in [2.45, 2.75) is 19.4 Å². The van der Waals surface area contributed by atoms with E-state index in [0.717, 1.165) is 15.8 Å². The van der Waals surface area contributed by atoms with Gasteiger partial charge in [0.15, 0.2) is 0 Å². The molecular weight excluding hydrogens is 326 g/mol. The van der Waals surface area contributed by atoms with Gasteiger partial charge in [0, 0.05) is 0 Å². The molecule has 0 heterocycles. The van der Waals surface area contributed by atoms with Crippen molar-refractivity contribution in [1.29, 1.82) is 0 Å². The minimum atomic E-state index is -0.898. The first-order valence-electron chi connectivity index (χ1n) is 6.30. The SMILES string of the molecule is COc1ccc(C(C)NC(=O)C2CC2C(=O)O)cc1Br. The molecule has 108 valence electrons. The van der Waals surface area contributed by atoms with Crippen LogP contribution in [0.15, 0.2) is 22.7 Å². The molecule has 1 aliphatic rings. The molecule has 1 fully saturated rings. The van der Waals surface area contributed by atoms with Crippen molar-refractivity contribution in [3.8, 4) is 5.75 Å². The Labute approximate surface area is 125 Å². The molecule has 2 rings (SSSR count). The van der Waals surface area contributed by atoms with Crippen LogP contribution in [-0.2, 0) is 9.59 Å². The molecule has 1 amide bonds. The Balaban J connectivity index is 1.98. The van der Waals surface area contributed by atoms with Gasteiger partial charge < -0.3 is 15.2 Å². The summed E-state index contributed by atoms with van der Waals surface area (Å²) in [5.74, 6) is -1.29. The van der Waals surface area contributed by atoms with Crippen molar-refractivity contribution in [2.24, 2.45) is 11.8 Å². The molecule has 0 saturated heterocycles. The van der Waals surface area contributed by atoms with Crippen LogP contribution in [0.25, 0.3) is 0 Å². The third kappa shape index (κ3) is 3.12. The van der Waals surface area contributed by atoms with Gasteiger partial charge in [0.05, 0.1) is 29.5 Å². The highest BCUT2D eigenvalue weighted by atomic mass is 79.9. The van der Waals surface area contributed by atoms with Crippen LogP contribution >= 0.6 is 15.9 Å². The van der Waals surface area contributed by atoms with Crippen molar-refractivity contribution in [3.63, 3.8) is 0 Å². The van der Waals surface area contributed by atoms with E-state index < -0.39 is 17.8 Å². The second-order valence-corrected chi connectivity index (χ2v) is 5.77. The molecule has 0 bridgehead atoms. The minimum Gasteiger partial charge on any atom is -0.496 e. The van der Waals surface area contributed by atoms with Crippen LogP contribution in [0, 0.1) is 11.8 Å². The average Bonchev–Trinajstić information content (AvgIpc) is 3.18. The van der Waals surface area contributed by atoms with Crippen LogP contribution in [0.3, 0.4) is 0 Å². The van der Waals surface area contributed by atoms with E-state index in [1.807, 2.05) is 25.1 Å². The molecule has 1 aromatic carbocycles. The first-order valence-corrected chi connectivity index (χ1v) is 7.10. The summed E-state index contributed by atoms with van der Waals surface area (Å²) in [6, 6.07) is 5.39. The molecule has 0 spiro atoms. The van der Waals surface area contributed by atoms with Crippen LogP contribution in [0.4, 0.5) is 0 Å². The molecule has 0 radical (unpaired) electrons. The van der Waals surface area contributed by atoms with Crippen LogP contribution in [0.5, 0.6) is 5.75 Å². The summed E-state index contributed by atoms with van der Waals surface area (Å²) in [5, 5.41) is 11.7. The quantitative estimate of drug-likeness (QED) is 0.861. The second-order valence-electron chi connectivity index (χ2n) is 4.91. The van der Waals surface area contributed by atoms with Crippen LogP contribution in [0.2, 0.25) is 0 Å². The largest absolute Gasteiger partial charge is 0.496 e. The monoisotopic (exact) mass is 341 g/mol. The number of halogens is 1. The Morgan fingerprint density at radius 3 is 2.65 bits per heavy atom. The highest BCUT2D eigenvalue weighted by molar-refractivity contribution is 9.10. The maximum atomic E-state index is 11.9. The van der Waals surface area contributed by atoms with Crippen molar-refractivity contribution in [1.82, 2.24) is 5.32 Å². The van der Waals surface area contributed by atoms with Crippen LogP contribution in [-0.4, -0.2) is 24.1 Å². The maximum absolute atomic E-state index is 11.9. The van der Waals surface area contributed by atoms with Crippen molar-refractivity contribution < 1.29 is 19.4 Å². The van der Waals surface area contributed by atoms with E-state index >= 15 is 0 Å². The van der Waals surface area contributed by atoms with Gasteiger partial charge in [-0.1, -0.05) is 6.07 Å². The molecule has 1 aromatic rings. The number of ether oxygens (including phenoxy) is 1. The van der Waals surface area contributed by atoms with Gasteiger partial charge in [-0.2, -0.15) is 0 Å². The summed E-state index contributed by atoms with van der Waals surface area (Å²) in [7, 11) is 1.59. The summed E-state index contributed by atoms with van der Waals surface area (Å²) in [5.41, 5.74) is 0.929. The number of carbonyl (C=O) groups excluding carboxylic acids is 1. The van der Waals surface area contributed by atoms with Gasteiger partial charge in [0.2, 0.25) is 5.91 Å². The van der Waals surface area contributed by atoms with Crippen molar-refractivity contribution in [3.05, 3.63) is 28.2 Å². The Morgan fingerprint density at radius 1 is 1.45 bits per heavy atom. The van der Waals surface area contributed by atoms with Gasteiger partial charge in [-0.3, -0.25) is 9.59 Å². The van der Waals surface area contributed by atoms with E-state index in [4.69, 9.17) is 9.84 Å². The van der Waals surface area contributed by atoms with E-state index in [2.05, 4.69) is 21.2 Å². The first-order chi connectivity index (χ1) is 9.43. The number of amides is 1.